The summed E-state index contributed by atoms with van der Waals surface area (Å²) >= 11 is 0. The van der Waals surface area contributed by atoms with Crippen LogP contribution in [0.5, 0.6) is 17.4 Å². The summed E-state index contributed by atoms with van der Waals surface area (Å²) in [5.74, 6) is 1.26. The molecule has 3 aromatic rings. The van der Waals surface area contributed by atoms with Crippen molar-refractivity contribution in [1.29, 1.82) is 0 Å². The Hall–Kier alpha value is -3.15. The molecule has 2 heterocycles. The molecule has 6 heteroatoms. The molecule has 0 aliphatic carbocycles. The van der Waals surface area contributed by atoms with E-state index in [1.165, 1.54) is 0 Å². The lowest BCUT2D eigenvalue weighted by Gasteiger charge is -2.10. The molecule has 3 rings (SSSR count). The highest BCUT2D eigenvalue weighted by atomic mass is 16.5. The van der Waals surface area contributed by atoms with Crippen LogP contribution in [0.4, 0.5) is 5.69 Å². The molecule has 0 amide bonds. The molecule has 0 saturated carbocycles. The molecule has 116 valence electrons. The number of aryl methyl sites for hydroxylation is 1. The number of hydrogen-bond acceptors (Lipinski definition) is 6. The molecule has 0 atom stereocenters. The highest BCUT2D eigenvalue weighted by molar-refractivity contribution is 5.49. The number of anilines is 1. The second-order valence-corrected chi connectivity index (χ2v) is 4.95. The van der Waals surface area contributed by atoms with Crippen molar-refractivity contribution >= 4 is 5.69 Å². The van der Waals surface area contributed by atoms with Gasteiger partial charge < -0.3 is 15.2 Å². The molecule has 23 heavy (non-hydrogen) atoms. The molecule has 0 bridgehead atoms. The molecule has 0 unspecified atom stereocenters. The molecule has 2 N–H and O–H groups in total. The molecule has 0 radical (unpaired) electrons. The zero-order chi connectivity index (χ0) is 16.1. The summed E-state index contributed by atoms with van der Waals surface area (Å²) in [6.07, 6.45) is 4.71. The summed E-state index contributed by atoms with van der Waals surface area (Å²) in [6.45, 7) is 2.31. The van der Waals surface area contributed by atoms with Gasteiger partial charge in [0.05, 0.1) is 12.7 Å². The van der Waals surface area contributed by atoms with E-state index in [1.807, 2.05) is 31.2 Å². The topological polar surface area (TPSA) is 80.2 Å². The Kier molecular flexibility index (Phi) is 4.33. The lowest BCUT2D eigenvalue weighted by molar-refractivity contribution is 0.460. The number of hydrogen-bond donors (Lipinski definition) is 2. The van der Waals surface area contributed by atoms with Gasteiger partial charge in [0.1, 0.15) is 17.2 Å². The average Bonchev–Trinajstić information content (AvgIpc) is 2.57. The van der Waals surface area contributed by atoms with E-state index in [1.54, 1.807) is 30.7 Å². The van der Waals surface area contributed by atoms with Crippen molar-refractivity contribution in [2.24, 2.45) is 0 Å². The summed E-state index contributed by atoms with van der Waals surface area (Å²) < 4.78 is 5.64. The predicted octanol–water partition coefficient (Wildman–Crippen LogP) is 3.29. The summed E-state index contributed by atoms with van der Waals surface area (Å²) in [6, 6.07) is 10.9. The standard InChI is InChI=1S/C17H16N4O2/c1-12-5-6-16(22)15(21-12)10-20-13-3-2-4-14(9-13)23-17-11-18-7-8-19-17/h2-9,11,20,22H,10H2,1H3. The fourth-order valence-corrected chi connectivity index (χ4v) is 2.05. The van der Waals surface area contributed by atoms with Gasteiger partial charge in [0.15, 0.2) is 0 Å². The lowest BCUT2D eigenvalue weighted by Crippen LogP contribution is -2.03. The van der Waals surface area contributed by atoms with E-state index in [-0.39, 0.29) is 5.75 Å². The average molecular weight is 308 g/mol. The van der Waals surface area contributed by atoms with Gasteiger partial charge in [-0.25, -0.2) is 4.98 Å². The van der Waals surface area contributed by atoms with Crippen molar-refractivity contribution in [2.45, 2.75) is 13.5 Å². The molecule has 0 fully saturated rings. The zero-order valence-corrected chi connectivity index (χ0v) is 12.6. The van der Waals surface area contributed by atoms with Gasteiger partial charge in [0, 0.05) is 29.8 Å². The van der Waals surface area contributed by atoms with Gasteiger partial charge in [-0.15, -0.1) is 0 Å². The Morgan fingerprint density at radius 1 is 1.17 bits per heavy atom. The number of nitrogens with one attached hydrogen (secondary N) is 1. The second-order valence-electron chi connectivity index (χ2n) is 4.95. The van der Waals surface area contributed by atoms with E-state index in [2.05, 4.69) is 20.3 Å². The Bertz CT molecular complexity index is 794. The van der Waals surface area contributed by atoms with Crippen LogP contribution in [0.3, 0.4) is 0 Å². The number of aromatic nitrogens is 3. The number of nitrogens with zero attached hydrogens (tertiary/aromatic N) is 3. The van der Waals surface area contributed by atoms with Gasteiger partial charge >= 0.3 is 0 Å². The summed E-state index contributed by atoms with van der Waals surface area (Å²) in [5, 5.41) is 13.0. The van der Waals surface area contributed by atoms with E-state index >= 15 is 0 Å². The fraction of sp³-hybridized carbons (Fsp3) is 0.118. The quantitative estimate of drug-likeness (QED) is 0.753. The van der Waals surface area contributed by atoms with Crippen LogP contribution in [0.25, 0.3) is 0 Å². The molecule has 2 aromatic heterocycles. The number of rotatable bonds is 5. The molecule has 1 aromatic carbocycles. The first-order valence-electron chi connectivity index (χ1n) is 7.14. The minimum absolute atomic E-state index is 0.176. The molecule has 6 nitrogen and oxygen atoms in total. The number of pyridine rings is 1. The number of ether oxygens (including phenoxy) is 1. The van der Waals surface area contributed by atoms with Crippen LogP contribution in [0.15, 0.2) is 55.0 Å². The normalized spacial score (nSPS) is 10.3. The van der Waals surface area contributed by atoms with Crippen LogP contribution >= 0.6 is 0 Å². The van der Waals surface area contributed by atoms with Gasteiger partial charge in [-0.05, 0) is 31.2 Å². The largest absolute Gasteiger partial charge is 0.506 e. The van der Waals surface area contributed by atoms with E-state index < -0.39 is 0 Å². The molecular formula is C17H16N4O2. The molecular weight excluding hydrogens is 292 g/mol. The highest BCUT2D eigenvalue weighted by Gasteiger charge is 2.04. The van der Waals surface area contributed by atoms with Crippen molar-refractivity contribution in [3.05, 3.63) is 66.4 Å². The van der Waals surface area contributed by atoms with Gasteiger partial charge in [0.2, 0.25) is 5.88 Å². The molecule has 0 aliphatic heterocycles. The number of benzene rings is 1. The van der Waals surface area contributed by atoms with Gasteiger partial charge in [-0.3, -0.25) is 9.97 Å². The van der Waals surface area contributed by atoms with Crippen LogP contribution in [-0.4, -0.2) is 20.1 Å². The van der Waals surface area contributed by atoms with Crippen LogP contribution in [0.1, 0.15) is 11.4 Å². The Morgan fingerprint density at radius 2 is 2.09 bits per heavy atom. The van der Waals surface area contributed by atoms with Crippen molar-refractivity contribution in [1.82, 2.24) is 15.0 Å². The smallest absolute Gasteiger partial charge is 0.237 e. The SMILES string of the molecule is Cc1ccc(O)c(CNc2cccc(Oc3cnccn3)c2)n1. The minimum Gasteiger partial charge on any atom is -0.506 e. The van der Waals surface area contributed by atoms with E-state index in [0.717, 1.165) is 11.4 Å². The van der Waals surface area contributed by atoms with Crippen LogP contribution in [0.2, 0.25) is 0 Å². The third-order valence-corrected chi connectivity index (χ3v) is 3.15. The fourth-order valence-electron chi connectivity index (χ4n) is 2.05. The maximum Gasteiger partial charge on any atom is 0.237 e. The van der Waals surface area contributed by atoms with E-state index in [9.17, 15) is 5.11 Å². The van der Waals surface area contributed by atoms with Gasteiger partial charge in [-0.2, -0.15) is 0 Å². The maximum atomic E-state index is 9.82. The van der Waals surface area contributed by atoms with Crippen LogP contribution < -0.4 is 10.1 Å². The zero-order valence-electron chi connectivity index (χ0n) is 12.6. The predicted molar refractivity (Wildman–Crippen MR) is 86.5 cm³/mol. The second kappa shape index (κ2) is 6.74. The lowest BCUT2D eigenvalue weighted by atomic mass is 10.2. The Balaban J connectivity index is 1.69. The first-order valence-corrected chi connectivity index (χ1v) is 7.14. The summed E-state index contributed by atoms with van der Waals surface area (Å²) in [5.41, 5.74) is 2.32. The first-order chi connectivity index (χ1) is 11.2. The minimum atomic E-state index is 0.176. The highest BCUT2D eigenvalue weighted by Crippen LogP contribution is 2.23. The van der Waals surface area contributed by atoms with Gasteiger partial charge in [0.25, 0.3) is 0 Å². The third kappa shape index (κ3) is 3.94. The van der Waals surface area contributed by atoms with Crippen LogP contribution in [-0.2, 0) is 6.54 Å². The van der Waals surface area contributed by atoms with Gasteiger partial charge in [-0.1, -0.05) is 6.07 Å². The van der Waals surface area contributed by atoms with E-state index in [0.29, 0.717) is 23.9 Å². The summed E-state index contributed by atoms with van der Waals surface area (Å²) in [4.78, 5) is 12.3. The van der Waals surface area contributed by atoms with Crippen LogP contribution in [0, 0.1) is 6.92 Å². The van der Waals surface area contributed by atoms with Crippen molar-refractivity contribution < 1.29 is 9.84 Å². The first kappa shape index (κ1) is 14.8. The number of aromatic hydroxyl groups is 1. The molecule has 0 aliphatic rings. The third-order valence-electron chi connectivity index (χ3n) is 3.15. The maximum absolute atomic E-state index is 9.82. The van der Waals surface area contributed by atoms with E-state index in [4.69, 9.17) is 4.74 Å². The monoisotopic (exact) mass is 308 g/mol. The Labute approximate surface area is 133 Å². The van der Waals surface area contributed by atoms with Crippen molar-refractivity contribution in [3.63, 3.8) is 0 Å². The van der Waals surface area contributed by atoms with Crippen molar-refractivity contribution in [3.8, 4) is 17.4 Å². The molecule has 0 saturated heterocycles. The Morgan fingerprint density at radius 3 is 2.91 bits per heavy atom. The van der Waals surface area contributed by atoms with Crippen molar-refractivity contribution in [2.75, 3.05) is 5.32 Å². The summed E-state index contributed by atoms with van der Waals surface area (Å²) in [7, 11) is 0. The molecule has 0 spiro atoms.